The molecule has 5 rings (SSSR count). The third kappa shape index (κ3) is 4.16. The van der Waals surface area contributed by atoms with Crippen LogP contribution >= 0.6 is 11.6 Å². The van der Waals surface area contributed by atoms with Crippen LogP contribution in [0.15, 0.2) is 42.5 Å². The number of hydrogen-bond acceptors (Lipinski definition) is 5. The lowest BCUT2D eigenvalue weighted by molar-refractivity contribution is -0.149. The predicted molar refractivity (Wildman–Crippen MR) is 125 cm³/mol. The molecule has 0 aromatic heterocycles. The van der Waals surface area contributed by atoms with Crippen LogP contribution in [0.25, 0.3) is 0 Å². The minimum absolute atomic E-state index is 0.0209. The van der Waals surface area contributed by atoms with Crippen LogP contribution in [-0.2, 0) is 32.8 Å². The molecule has 7 heteroatoms. The highest BCUT2D eigenvalue weighted by molar-refractivity contribution is 6.31. The Bertz CT molecular complexity index is 1070. The van der Waals surface area contributed by atoms with Crippen molar-refractivity contribution in [1.82, 2.24) is 10.2 Å². The van der Waals surface area contributed by atoms with Crippen LogP contribution in [0.5, 0.6) is 0 Å². The van der Waals surface area contributed by atoms with Crippen molar-refractivity contribution in [3.05, 3.63) is 69.7 Å². The second kappa shape index (κ2) is 9.09. The molecule has 2 fully saturated rings. The zero-order chi connectivity index (χ0) is 23.0. The Labute approximate surface area is 199 Å². The quantitative estimate of drug-likeness (QED) is 0.627. The monoisotopic (exact) mass is 468 g/mol. The number of carbonyl (C=O) groups excluding carboxylic acids is 2. The smallest absolute Gasteiger partial charge is 0.339 e. The first kappa shape index (κ1) is 22.4. The van der Waals surface area contributed by atoms with Crippen LogP contribution in [0, 0.1) is 5.92 Å². The summed E-state index contributed by atoms with van der Waals surface area (Å²) in [6, 6.07) is 13.6. The van der Waals surface area contributed by atoms with E-state index in [1.54, 1.807) is 13.2 Å². The Kier molecular flexibility index (Phi) is 6.16. The van der Waals surface area contributed by atoms with E-state index in [-0.39, 0.29) is 17.9 Å². The number of amides is 1. The predicted octanol–water partition coefficient (Wildman–Crippen LogP) is 3.70. The van der Waals surface area contributed by atoms with E-state index in [0.717, 1.165) is 36.0 Å². The number of halogens is 1. The third-order valence-electron chi connectivity index (χ3n) is 7.08. The molecule has 2 heterocycles. The summed E-state index contributed by atoms with van der Waals surface area (Å²) in [5.41, 5.74) is 2.57. The van der Waals surface area contributed by atoms with E-state index in [4.69, 9.17) is 21.1 Å². The molecule has 0 unspecified atom stereocenters. The summed E-state index contributed by atoms with van der Waals surface area (Å²) in [7, 11) is 1.69. The number of benzene rings is 2. The van der Waals surface area contributed by atoms with Crippen molar-refractivity contribution in [2.75, 3.05) is 26.8 Å². The van der Waals surface area contributed by atoms with Gasteiger partial charge in [-0.05, 0) is 49.1 Å². The Morgan fingerprint density at radius 1 is 1.27 bits per heavy atom. The van der Waals surface area contributed by atoms with E-state index in [2.05, 4.69) is 11.4 Å². The first-order valence-electron chi connectivity index (χ1n) is 11.6. The van der Waals surface area contributed by atoms with Gasteiger partial charge >= 0.3 is 5.97 Å². The maximum atomic E-state index is 14.1. The van der Waals surface area contributed by atoms with E-state index >= 15 is 0 Å². The molecule has 1 saturated carbocycles. The molecule has 174 valence electrons. The first-order valence-corrected chi connectivity index (χ1v) is 12.0. The van der Waals surface area contributed by atoms with Gasteiger partial charge in [-0.25, -0.2) is 4.79 Å². The number of fused-ring (bicyclic) bond motifs is 2. The minimum atomic E-state index is -0.909. The highest BCUT2D eigenvalue weighted by atomic mass is 35.5. The second-order valence-electron chi connectivity index (χ2n) is 9.20. The molecular formula is C26H29ClN2O4. The average Bonchev–Trinajstić information content (AvgIpc) is 3.63. The van der Waals surface area contributed by atoms with Crippen molar-refractivity contribution >= 4 is 23.5 Å². The minimum Gasteiger partial charge on any atom is -0.450 e. The Hall–Kier alpha value is -2.41. The Morgan fingerprint density at radius 3 is 2.88 bits per heavy atom. The van der Waals surface area contributed by atoms with Gasteiger partial charge in [-0.1, -0.05) is 41.9 Å². The van der Waals surface area contributed by atoms with Gasteiger partial charge in [0.15, 0.2) is 5.60 Å². The normalized spacial score (nSPS) is 23.9. The Morgan fingerprint density at radius 2 is 2.09 bits per heavy atom. The maximum absolute atomic E-state index is 14.1. The van der Waals surface area contributed by atoms with E-state index in [0.29, 0.717) is 43.2 Å². The van der Waals surface area contributed by atoms with Crippen molar-refractivity contribution in [3.8, 4) is 0 Å². The number of nitrogens with zero attached hydrogens (tertiary/aromatic N) is 1. The van der Waals surface area contributed by atoms with Crippen molar-refractivity contribution in [2.45, 2.75) is 43.9 Å². The van der Waals surface area contributed by atoms with E-state index in [9.17, 15) is 9.59 Å². The fourth-order valence-electron chi connectivity index (χ4n) is 5.18. The molecule has 1 N–H and O–H groups in total. The van der Waals surface area contributed by atoms with Crippen LogP contribution in [0.1, 0.15) is 46.3 Å². The average molecular weight is 469 g/mol. The van der Waals surface area contributed by atoms with Gasteiger partial charge in [0.25, 0.3) is 0 Å². The van der Waals surface area contributed by atoms with Crippen molar-refractivity contribution < 1.29 is 19.1 Å². The first-order chi connectivity index (χ1) is 16.0. The number of rotatable bonds is 7. The number of esters is 1. The number of hydrogen-bond donors (Lipinski definition) is 1. The van der Waals surface area contributed by atoms with Crippen LogP contribution < -0.4 is 5.32 Å². The third-order valence-corrected chi connectivity index (χ3v) is 7.45. The molecule has 0 radical (unpaired) electrons. The topological polar surface area (TPSA) is 67.9 Å². The van der Waals surface area contributed by atoms with Crippen molar-refractivity contribution in [2.24, 2.45) is 5.92 Å². The van der Waals surface area contributed by atoms with Gasteiger partial charge in [-0.15, -0.1) is 0 Å². The molecule has 1 spiro atoms. The summed E-state index contributed by atoms with van der Waals surface area (Å²) in [5, 5.41) is 4.01. The highest BCUT2D eigenvalue weighted by Crippen LogP contribution is 2.47. The highest BCUT2D eigenvalue weighted by Gasteiger charge is 2.56. The molecule has 0 bridgehead atoms. The SMILES string of the molecule is COCCc1ccc(Cl)c(CN(C(=O)[C@H]2CNCC[C@@]23OC(=O)c2ccccc23)C2CC2)c1. The van der Waals surface area contributed by atoms with Gasteiger partial charge in [0.1, 0.15) is 0 Å². The molecule has 2 atom stereocenters. The van der Waals surface area contributed by atoms with Crippen LogP contribution in [-0.4, -0.2) is 49.6 Å². The largest absolute Gasteiger partial charge is 0.450 e. The molecule has 2 aliphatic heterocycles. The van der Waals surface area contributed by atoms with Crippen LogP contribution in [0.2, 0.25) is 5.02 Å². The molecule has 1 saturated heterocycles. The summed E-state index contributed by atoms with van der Waals surface area (Å²) < 4.78 is 11.2. The van der Waals surface area contributed by atoms with Crippen LogP contribution in [0.4, 0.5) is 0 Å². The van der Waals surface area contributed by atoms with E-state index in [1.807, 2.05) is 35.2 Å². The van der Waals surface area contributed by atoms with Gasteiger partial charge in [-0.3, -0.25) is 4.79 Å². The fraction of sp³-hybridized carbons (Fsp3) is 0.462. The maximum Gasteiger partial charge on any atom is 0.339 e. The summed E-state index contributed by atoms with van der Waals surface area (Å²) in [4.78, 5) is 28.7. The fourth-order valence-corrected chi connectivity index (χ4v) is 5.36. The lowest BCUT2D eigenvalue weighted by Crippen LogP contribution is -2.55. The van der Waals surface area contributed by atoms with Crippen molar-refractivity contribution in [3.63, 3.8) is 0 Å². The second-order valence-corrected chi connectivity index (χ2v) is 9.60. The lowest BCUT2D eigenvalue weighted by atomic mass is 9.75. The van der Waals surface area contributed by atoms with Gasteiger partial charge < -0.3 is 19.7 Å². The van der Waals surface area contributed by atoms with E-state index < -0.39 is 11.5 Å². The number of ether oxygens (including phenoxy) is 2. The molecular weight excluding hydrogens is 440 g/mol. The summed E-state index contributed by atoms with van der Waals surface area (Å²) in [6.07, 6.45) is 3.34. The van der Waals surface area contributed by atoms with Gasteiger partial charge in [0.2, 0.25) is 5.91 Å². The van der Waals surface area contributed by atoms with E-state index in [1.165, 1.54) is 0 Å². The van der Waals surface area contributed by atoms with Crippen LogP contribution in [0.3, 0.4) is 0 Å². The number of methoxy groups -OCH3 is 1. The molecule has 1 amide bonds. The zero-order valence-corrected chi connectivity index (χ0v) is 19.6. The molecule has 2 aromatic carbocycles. The standard InChI is InChI=1S/C26H29ClN2O4/c1-32-13-10-17-6-9-23(27)18(14-17)16-29(19-7-8-19)24(30)22-15-28-12-11-26(22)21-5-3-2-4-20(21)25(31)33-26/h2-6,9,14,19,22,28H,7-8,10-13,15-16H2,1H3/t22-,26+/m1/s1. The molecule has 3 aliphatic rings. The molecule has 2 aromatic rings. The molecule has 6 nitrogen and oxygen atoms in total. The summed E-state index contributed by atoms with van der Waals surface area (Å²) in [5.74, 6) is -0.792. The number of carbonyl (C=O) groups is 2. The molecule has 33 heavy (non-hydrogen) atoms. The number of piperidine rings is 1. The van der Waals surface area contributed by atoms with Crippen molar-refractivity contribution in [1.29, 1.82) is 0 Å². The van der Waals surface area contributed by atoms with Gasteiger partial charge in [-0.2, -0.15) is 0 Å². The van der Waals surface area contributed by atoms with Gasteiger partial charge in [0, 0.05) is 43.2 Å². The molecule has 1 aliphatic carbocycles. The number of nitrogens with one attached hydrogen (secondary N) is 1. The zero-order valence-electron chi connectivity index (χ0n) is 18.8. The lowest BCUT2D eigenvalue weighted by Gasteiger charge is -2.42. The Balaban J connectivity index is 1.45. The summed E-state index contributed by atoms with van der Waals surface area (Å²) in [6.45, 7) is 2.26. The van der Waals surface area contributed by atoms with Gasteiger partial charge in [0.05, 0.1) is 18.1 Å². The summed E-state index contributed by atoms with van der Waals surface area (Å²) >= 11 is 6.55.